The monoisotopic (exact) mass is 742 g/mol. The number of carbonyl (C=O) groups is 2. The molecule has 4 aromatic rings. The Labute approximate surface area is 314 Å². The van der Waals surface area contributed by atoms with E-state index in [-0.39, 0.29) is 23.8 Å². The van der Waals surface area contributed by atoms with Crippen LogP contribution in [0.4, 0.5) is 33.8 Å². The van der Waals surface area contributed by atoms with Crippen molar-refractivity contribution in [3.63, 3.8) is 0 Å². The second-order valence-electron chi connectivity index (χ2n) is 15.2. The molecule has 17 nitrogen and oxygen atoms in total. The number of hydrogen-bond acceptors (Lipinski definition) is 13. The fraction of sp³-hybridized carbons (Fsp3) is 0.514. The number of pyridine rings is 2. The molecule has 2 atom stereocenters. The van der Waals surface area contributed by atoms with Crippen LogP contribution in [0.15, 0.2) is 48.9 Å². The van der Waals surface area contributed by atoms with Gasteiger partial charge in [0.1, 0.15) is 22.8 Å². The number of nitrogens with two attached hydrogens (primary N) is 1. The highest BCUT2D eigenvalue weighted by molar-refractivity contribution is 5.98. The van der Waals surface area contributed by atoms with Crippen LogP contribution in [0.3, 0.4) is 0 Å². The third kappa shape index (κ3) is 9.31. The number of carbonyl (C=O) groups excluding carboxylic acids is 2. The van der Waals surface area contributed by atoms with Crippen molar-refractivity contribution < 1.29 is 19.2 Å². The second kappa shape index (κ2) is 16.2. The molecule has 0 radical (unpaired) electrons. The number of hydrogen-bond donors (Lipinski definition) is 3. The molecule has 288 valence electrons. The minimum Gasteiger partial charge on any atom is -0.444 e. The van der Waals surface area contributed by atoms with Gasteiger partial charge in [0.2, 0.25) is 5.95 Å². The number of fused-ring (bicyclic) bond motifs is 1. The molecular formula is C37H50N12O5. The molecule has 2 saturated heterocycles. The zero-order chi connectivity index (χ0) is 38.6. The molecular weight excluding hydrogens is 692 g/mol. The third-order valence-electron chi connectivity index (χ3n) is 9.66. The summed E-state index contributed by atoms with van der Waals surface area (Å²) in [5.74, 6) is 0.969. The number of aromatic nitrogens is 5. The normalized spacial score (nSPS) is 18.7. The van der Waals surface area contributed by atoms with Crippen molar-refractivity contribution in [3.8, 4) is 0 Å². The van der Waals surface area contributed by atoms with Crippen molar-refractivity contribution in [3.05, 3.63) is 64.7 Å². The predicted octanol–water partition coefficient (Wildman–Crippen LogP) is 5.02. The standard InChI is InChI=1S/C23H30N8O.C14H20N4O4/c1-29(2)22(32)19-11-15-12-26-23(28-21(15)31(19)17-5-3-4-6-17)27-20-8-7-18(13-25-20)30-10-9-16(24)14-30;1-14(2,3)22-13(19)16-10-6-7-17(9-10)11-4-5-12(15-8-11)18(20)21/h7-8,11-13,16-17H,3-6,9-10,14,24H2,1-2H3,(H,25,26,27,28);4-5,8,10H,6-7,9H2,1-3H3,(H,16,19). The van der Waals surface area contributed by atoms with E-state index in [0.29, 0.717) is 30.0 Å². The van der Waals surface area contributed by atoms with Crippen molar-refractivity contribution in [2.45, 2.75) is 83.0 Å². The van der Waals surface area contributed by atoms with Gasteiger partial charge in [0.05, 0.1) is 23.6 Å². The topological polar surface area (TPSA) is 203 Å². The molecule has 54 heavy (non-hydrogen) atoms. The fourth-order valence-electron chi connectivity index (χ4n) is 7.04. The summed E-state index contributed by atoms with van der Waals surface area (Å²) in [5, 5.41) is 17.5. The molecule has 2 amide bonds. The van der Waals surface area contributed by atoms with E-state index in [2.05, 4.69) is 35.1 Å². The Balaban J connectivity index is 0.000000199. The molecule has 2 unspecified atom stereocenters. The Morgan fingerprint density at radius 1 is 0.944 bits per heavy atom. The lowest BCUT2D eigenvalue weighted by molar-refractivity contribution is -0.389. The van der Waals surface area contributed by atoms with Crippen molar-refractivity contribution >= 4 is 52.0 Å². The Morgan fingerprint density at radius 3 is 2.22 bits per heavy atom. The highest BCUT2D eigenvalue weighted by atomic mass is 16.6. The number of ether oxygens (including phenoxy) is 1. The van der Waals surface area contributed by atoms with Crippen molar-refractivity contribution in [2.75, 3.05) is 55.4 Å². The molecule has 17 heteroatoms. The first kappa shape index (κ1) is 38.2. The van der Waals surface area contributed by atoms with E-state index < -0.39 is 16.6 Å². The minimum absolute atomic E-state index is 0.00922. The molecule has 1 saturated carbocycles. The van der Waals surface area contributed by atoms with E-state index in [9.17, 15) is 19.7 Å². The van der Waals surface area contributed by atoms with Gasteiger partial charge >= 0.3 is 11.9 Å². The Kier molecular flexibility index (Phi) is 11.4. The molecule has 1 aliphatic carbocycles. The zero-order valence-corrected chi connectivity index (χ0v) is 31.6. The van der Waals surface area contributed by atoms with Crippen LogP contribution in [-0.4, -0.2) is 104 Å². The average molecular weight is 743 g/mol. The number of nitrogens with zero attached hydrogens (tertiary/aromatic N) is 9. The highest BCUT2D eigenvalue weighted by Crippen LogP contribution is 2.35. The van der Waals surface area contributed by atoms with Crippen molar-refractivity contribution in [1.82, 2.24) is 34.7 Å². The molecule has 7 rings (SSSR count). The summed E-state index contributed by atoms with van der Waals surface area (Å²) >= 11 is 0. The van der Waals surface area contributed by atoms with Crippen LogP contribution in [0.1, 0.15) is 75.8 Å². The van der Waals surface area contributed by atoms with Gasteiger partial charge in [0.25, 0.3) is 5.91 Å². The van der Waals surface area contributed by atoms with Crippen LogP contribution in [0.2, 0.25) is 0 Å². The first-order chi connectivity index (χ1) is 25.7. The maximum absolute atomic E-state index is 12.8. The number of rotatable bonds is 8. The Bertz CT molecular complexity index is 1940. The van der Waals surface area contributed by atoms with Crippen LogP contribution >= 0.6 is 0 Å². The summed E-state index contributed by atoms with van der Waals surface area (Å²) in [5.41, 5.74) is 8.84. The van der Waals surface area contributed by atoms with E-state index in [0.717, 1.165) is 67.7 Å². The summed E-state index contributed by atoms with van der Waals surface area (Å²) in [6.45, 7) is 8.64. The summed E-state index contributed by atoms with van der Waals surface area (Å²) in [7, 11) is 3.56. The first-order valence-electron chi connectivity index (χ1n) is 18.4. The van der Waals surface area contributed by atoms with Gasteiger partial charge in [0.15, 0.2) is 6.20 Å². The summed E-state index contributed by atoms with van der Waals surface area (Å²) in [4.78, 5) is 58.1. The quantitative estimate of drug-likeness (QED) is 0.161. The third-order valence-corrected chi connectivity index (χ3v) is 9.66. The van der Waals surface area contributed by atoms with Gasteiger partial charge in [-0.1, -0.05) is 12.8 Å². The van der Waals surface area contributed by atoms with E-state index in [1.807, 2.05) is 50.1 Å². The van der Waals surface area contributed by atoms with Gasteiger partial charge in [0, 0.05) is 70.0 Å². The molecule has 3 fully saturated rings. The first-order valence-corrected chi connectivity index (χ1v) is 18.4. The largest absolute Gasteiger partial charge is 0.444 e. The predicted molar refractivity (Wildman–Crippen MR) is 206 cm³/mol. The van der Waals surface area contributed by atoms with Gasteiger partial charge in [-0.15, -0.1) is 0 Å². The molecule has 4 aromatic heterocycles. The van der Waals surface area contributed by atoms with E-state index >= 15 is 0 Å². The number of nitrogens with one attached hydrogen (secondary N) is 2. The maximum atomic E-state index is 12.8. The van der Waals surface area contributed by atoms with E-state index in [4.69, 9.17) is 15.5 Å². The van der Waals surface area contributed by atoms with Crippen molar-refractivity contribution in [1.29, 1.82) is 0 Å². The molecule has 2 aliphatic heterocycles. The molecule has 0 spiro atoms. The van der Waals surface area contributed by atoms with Gasteiger partial charge in [-0.25, -0.2) is 14.8 Å². The lowest BCUT2D eigenvalue weighted by Gasteiger charge is -2.22. The zero-order valence-electron chi connectivity index (χ0n) is 31.6. The smallest absolute Gasteiger partial charge is 0.407 e. The van der Waals surface area contributed by atoms with E-state index in [1.54, 1.807) is 31.3 Å². The minimum atomic E-state index is -0.527. The van der Waals surface area contributed by atoms with Crippen LogP contribution in [0.25, 0.3) is 11.0 Å². The van der Waals surface area contributed by atoms with Crippen LogP contribution in [-0.2, 0) is 4.74 Å². The molecule has 0 aromatic carbocycles. The van der Waals surface area contributed by atoms with Gasteiger partial charge < -0.3 is 50.5 Å². The SMILES string of the molecule is CC(C)(C)OC(=O)NC1CCN(c2ccc([N+](=O)[O-])nc2)C1.CN(C)C(=O)c1cc2cnc(Nc3ccc(N4CCC(N)C4)cn3)nc2n1C1CCCC1. The summed E-state index contributed by atoms with van der Waals surface area (Å²) in [6, 6.07) is 9.44. The average Bonchev–Trinajstić information content (AvgIpc) is 3.95. The molecule has 0 bridgehead atoms. The Morgan fingerprint density at radius 2 is 1.63 bits per heavy atom. The number of anilines is 4. The number of nitro groups is 1. The molecule has 6 heterocycles. The van der Waals surface area contributed by atoms with E-state index in [1.165, 1.54) is 25.1 Å². The summed E-state index contributed by atoms with van der Waals surface area (Å²) < 4.78 is 7.34. The number of alkyl carbamates (subject to hydrolysis) is 1. The number of amides is 2. The van der Waals surface area contributed by atoms with Crippen molar-refractivity contribution in [2.24, 2.45) is 5.73 Å². The lowest BCUT2D eigenvalue weighted by Crippen LogP contribution is -2.40. The Hall–Kier alpha value is -5.58. The van der Waals surface area contributed by atoms with Crippen LogP contribution < -0.4 is 26.2 Å². The van der Waals surface area contributed by atoms with Gasteiger partial charge in [-0.2, -0.15) is 4.98 Å². The second-order valence-corrected chi connectivity index (χ2v) is 15.2. The van der Waals surface area contributed by atoms with Crippen LogP contribution in [0.5, 0.6) is 0 Å². The molecule has 3 aliphatic rings. The van der Waals surface area contributed by atoms with Gasteiger partial charge in [-0.3, -0.25) is 4.79 Å². The van der Waals surface area contributed by atoms with Crippen LogP contribution in [0, 0.1) is 10.1 Å². The molecule has 4 N–H and O–H groups in total. The lowest BCUT2D eigenvalue weighted by atomic mass is 10.2. The summed E-state index contributed by atoms with van der Waals surface area (Å²) in [6.07, 6.45) is 11.0. The maximum Gasteiger partial charge on any atom is 0.407 e. The van der Waals surface area contributed by atoms with Gasteiger partial charge in [-0.05, 0) is 80.6 Å². The highest BCUT2D eigenvalue weighted by Gasteiger charge is 2.28. The fourth-order valence-corrected chi connectivity index (χ4v) is 7.04.